The Morgan fingerprint density at radius 3 is 3.00 bits per heavy atom. The second-order valence-electron chi connectivity index (χ2n) is 5.47. The lowest BCUT2D eigenvalue weighted by Crippen LogP contribution is -2.35. The highest BCUT2D eigenvalue weighted by Crippen LogP contribution is 2.23. The van der Waals surface area contributed by atoms with Crippen LogP contribution in [0.5, 0.6) is 0 Å². The largest absolute Gasteiger partial charge is 0.372 e. The van der Waals surface area contributed by atoms with E-state index in [2.05, 4.69) is 30.5 Å². The molecule has 0 amide bonds. The molecule has 112 valence electrons. The van der Waals surface area contributed by atoms with E-state index in [0.29, 0.717) is 5.92 Å². The van der Waals surface area contributed by atoms with Gasteiger partial charge in [-0.1, -0.05) is 0 Å². The third-order valence-electron chi connectivity index (χ3n) is 3.94. The molecule has 1 saturated heterocycles. The number of hydrogen-bond acceptors (Lipinski definition) is 6. The van der Waals surface area contributed by atoms with Crippen LogP contribution in [0.4, 0.5) is 5.82 Å². The maximum atomic E-state index is 4.49. The number of rotatable bonds is 5. The van der Waals surface area contributed by atoms with E-state index in [0.717, 1.165) is 31.0 Å². The number of likely N-dealkylation sites (tertiary alicyclic amines) is 1. The first-order valence-corrected chi connectivity index (χ1v) is 8.31. The van der Waals surface area contributed by atoms with Gasteiger partial charge in [0.15, 0.2) is 0 Å². The van der Waals surface area contributed by atoms with E-state index in [1.807, 2.05) is 13.2 Å². The summed E-state index contributed by atoms with van der Waals surface area (Å²) >= 11 is 1.74. The molecule has 1 atom stereocenters. The Hall–Kier alpha value is -1.53. The number of anilines is 1. The topological polar surface area (TPSA) is 53.9 Å². The van der Waals surface area contributed by atoms with Crippen molar-refractivity contribution >= 4 is 17.2 Å². The lowest BCUT2D eigenvalue weighted by molar-refractivity contribution is 0.166. The number of nitrogens with zero attached hydrogens (tertiary/aromatic N) is 4. The molecule has 1 N–H and O–H groups in total. The molecule has 0 aromatic carbocycles. The molecule has 0 unspecified atom stereocenters. The Kier molecular flexibility index (Phi) is 4.77. The zero-order valence-electron chi connectivity index (χ0n) is 12.3. The predicted molar refractivity (Wildman–Crippen MR) is 85.4 cm³/mol. The van der Waals surface area contributed by atoms with E-state index < -0.39 is 0 Å². The highest BCUT2D eigenvalue weighted by Gasteiger charge is 2.22. The predicted octanol–water partition coefficient (Wildman–Crippen LogP) is 2.43. The molecule has 5 nitrogen and oxygen atoms in total. The first-order valence-electron chi connectivity index (χ1n) is 7.43. The van der Waals surface area contributed by atoms with Gasteiger partial charge in [0.25, 0.3) is 0 Å². The summed E-state index contributed by atoms with van der Waals surface area (Å²) in [6.07, 6.45) is 8.94. The fourth-order valence-corrected chi connectivity index (χ4v) is 3.64. The zero-order valence-corrected chi connectivity index (χ0v) is 13.1. The summed E-state index contributed by atoms with van der Waals surface area (Å²) in [4.78, 5) is 15.7. The second-order valence-corrected chi connectivity index (χ2v) is 6.45. The molecule has 0 saturated carbocycles. The van der Waals surface area contributed by atoms with Crippen LogP contribution >= 0.6 is 11.3 Å². The van der Waals surface area contributed by atoms with Gasteiger partial charge in [-0.15, -0.1) is 11.3 Å². The van der Waals surface area contributed by atoms with Gasteiger partial charge in [0.05, 0.1) is 12.2 Å². The average molecular weight is 303 g/mol. The molecule has 1 aliphatic heterocycles. The van der Waals surface area contributed by atoms with Crippen LogP contribution in [0.15, 0.2) is 24.0 Å². The molecule has 0 radical (unpaired) electrons. The molecular formula is C15H21N5S. The minimum atomic E-state index is 0.655. The first-order chi connectivity index (χ1) is 10.3. The molecule has 1 fully saturated rings. The van der Waals surface area contributed by atoms with E-state index in [4.69, 9.17) is 0 Å². The van der Waals surface area contributed by atoms with E-state index in [1.54, 1.807) is 23.7 Å². The molecule has 0 bridgehead atoms. The van der Waals surface area contributed by atoms with Crippen LogP contribution in [0.1, 0.15) is 23.5 Å². The monoisotopic (exact) mass is 303 g/mol. The second kappa shape index (κ2) is 6.95. The third-order valence-corrected chi connectivity index (χ3v) is 4.70. The van der Waals surface area contributed by atoms with Gasteiger partial charge in [-0.2, -0.15) is 0 Å². The van der Waals surface area contributed by atoms with Gasteiger partial charge in [0, 0.05) is 37.6 Å². The number of nitrogens with one attached hydrogen (secondary N) is 1. The maximum absolute atomic E-state index is 4.49. The van der Waals surface area contributed by atoms with E-state index in [9.17, 15) is 0 Å². The molecule has 0 aliphatic carbocycles. The molecule has 2 aromatic heterocycles. The van der Waals surface area contributed by atoms with Gasteiger partial charge in [-0.3, -0.25) is 9.88 Å². The Bertz CT molecular complexity index is 557. The number of thiazole rings is 1. The molecule has 21 heavy (non-hydrogen) atoms. The summed E-state index contributed by atoms with van der Waals surface area (Å²) in [6.45, 7) is 3.28. The van der Waals surface area contributed by atoms with Crippen molar-refractivity contribution < 1.29 is 0 Å². The zero-order chi connectivity index (χ0) is 14.5. The molecule has 1 aliphatic rings. The Balaban J connectivity index is 1.60. The Morgan fingerprint density at radius 2 is 2.19 bits per heavy atom. The van der Waals surface area contributed by atoms with Crippen molar-refractivity contribution in [2.45, 2.75) is 25.8 Å². The number of hydrogen-bond donors (Lipinski definition) is 1. The highest BCUT2D eigenvalue weighted by atomic mass is 32.1. The van der Waals surface area contributed by atoms with E-state index >= 15 is 0 Å². The van der Waals surface area contributed by atoms with Gasteiger partial charge >= 0.3 is 0 Å². The minimum Gasteiger partial charge on any atom is -0.372 e. The smallest absolute Gasteiger partial charge is 0.147 e. The van der Waals surface area contributed by atoms with Crippen molar-refractivity contribution in [3.8, 4) is 0 Å². The average Bonchev–Trinajstić information content (AvgIpc) is 3.01. The fraction of sp³-hybridized carbons (Fsp3) is 0.533. The van der Waals surface area contributed by atoms with Crippen LogP contribution in [0, 0.1) is 5.92 Å². The lowest BCUT2D eigenvalue weighted by atomic mass is 9.93. The normalized spacial score (nSPS) is 19.6. The van der Waals surface area contributed by atoms with Crippen LogP contribution < -0.4 is 5.32 Å². The Labute approximate surface area is 129 Å². The minimum absolute atomic E-state index is 0.655. The Morgan fingerprint density at radius 1 is 1.29 bits per heavy atom. The van der Waals surface area contributed by atoms with Crippen molar-refractivity contribution in [2.24, 2.45) is 5.92 Å². The molecule has 0 spiro atoms. The van der Waals surface area contributed by atoms with Gasteiger partial charge in [0.1, 0.15) is 10.8 Å². The van der Waals surface area contributed by atoms with E-state index in [1.165, 1.54) is 24.4 Å². The summed E-state index contributed by atoms with van der Waals surface area (Å²) in [5, 5.41) is 6.40. The van der Waals surface area contributed by atoms with Gasteiger partial charge in [-0.05, 0) is 31.7 Å². The molecule has 2 aromatic rings. The van der Waals surface area contributed by atoms with Crippen molar-refractivity contribution in [1.29, 1.82) is 0 Å². The van der Waals surface area contributed by atoms with Crippen LogP contribution in [0.25, 0.3) is 0 Å². The van der Waals surface area contributed by atoms with Gasteiger partial charge in [-0.25, -0.2) is 9.97 Å². The molecular weight excluding hydrogens is 282 g/mol. The maximum Gasteiger partial charge on any atom is 0.147 e. The van der Waals surface area contributed by atoms with Crippen LogP contribution in [-0.4, -0.2) is 40.0 Å². The summed E-state index contributed by atoms with van der Waals surface area (Å²) < 4.78 is 0. The summed E-state index contributed by atoms with van der Waals surface area (Å²) in [6, 6.07) is 0. The number of aromatic nitrogens is 3. The quantitative estimate of drug-likeness (QED) is 0.919. The van der Waals surface area contributed by atoms with E-state index in [-0.39, 0.29) is 0 Å². The van der Waals surface area contributed by atoms with Crippen molar-refractivity contribution in [1.82, 2.24) is 19.9 Å². The number of piperidine rings is 1. The molecule has 3 rings (SSSR count). The lowest BCUT2D eigenvalue weighted by Gasteiger charge is -2.32. The van der Waals surface area contributed by atoms with Gasteiger partial charge in [0.2, 0.25) is 0 Å². The summed E-state index contributed by atoms with van der Waals surface area (Å²) in [5.41, 5.74) is 1.08. The highest BCUT2D eigenvalue weighted by molar-refractivity contribution is 7.09. The van der Waals surface area contributed by atoms with Crippen molar-refractivity contribution in [3.63, 3.8) is 0 Å². The standard InChI is InChI=1S/C15H21N5S/c1-16-15-13(17-4-5-19-15)9-12-3-2-7-20(10-12)11-14-18-6-8-21-14/h4-6,8,12H,2-3,7,9-11H2,1H3,(H,16,19)/t12-/m0/s1. The van der Waals surface area contributed by atoms with Crippen LogP contribution in [-0.2, 0) is 13.0 Å². The van der Waals surface area contributed by atoms with Crippen molar-refractivity contribution in [3.05, 3.63) is 34.7 Å². The van der Waals surface area contributed by atoms with Crippen LogP contribution in [0.2, 0.25) is 0 Å². The fourth-order valence-electron chi connectivity index (χ4n) is 2.98. The molecule has 6 heteroatoms. The summed E-state index contributed by atoms with van der Waals surface area (Å²) in [7, 11) is 1.91. The van der Waals surface area contributed by atoms with Crippen molar-refractivity contribution in [2.75, 3.05) is 25.5 Å². The molecule has 3 heterocycles. The third kappa shape index (κ3) is 3.77. The van der Waals surface area contributed by atoms with Gasteiger partial charge < -0.3 is 5.32 Å². The summed E-state index contributed by atoms with van der Waals surface area (Å²) in [5.74, 6) is 1.57. The first kappa shape index (κ1) is 14.4. The van der Waals surface area contributed by atoms with Crippen LogP contribution in [0.3, 0.4) is 0 Å². The SMILES string of the molecule is CNc1nccnc1C[C@@H]1CCCN(Cc2nccs2)C1.